The van der Waals surface area contributed by atoms with Crippen LogP contribution in [0.2, 0.25) is 5.02 Å². The first-order valence-electron chi connectivity index (χ1n) is 14.1. The molecule has 7 rings (SSSR count). The summed E-state index contributed by atoms with van der Waals surface area (Å²) in [5.74, 6) is 0. The predicted octanol–water partition coefficient (Wildman–Crippen LogP) is 11.5. The van der Waals surface area contributed by atoms with Gasteiger partial charge < -0.3 is 4.90 Å². The lowest BCUT2D eigenvalue weighted by Gasteiger charge is -2.30. The van der Waals surface area contributed by atoms with Crippen LogP contribution in [-0.4, -0.2) is 0 Å². The van der Waals surface area contributed by atoms with Crippen LogP contribution in [0.1, 0.15) is 25.0 Å². The summed E-state index contributed by atoms with van der Waals surface area (Å²) >= 11 is 6.61. The van der Waals surface area contributed by atoms with Gasteiger partial charge in [0.1, 0.15) is 0 Å². The first kappa shape index (κ1) is 25.4. The lowest BCUT2D eigenvalue weighted by atomic mass is 9.82. The summed E-state index contributed by atoms with van der Waals surface area (Å²) in [6, 6.07) is 51.8. The second kappa shape index (κ2) is 10.1. The van der Waals surface area contributed by atoms with E-state index in [9.17, 15) is 0 Å². The molecule has 0 atom stereocenters. The topological polar surface area (TPSA) is 3.24 Å². The molecular weight excluding hydrogens is 518 g/mol. The van der Waals surface area contributed by atoms with E-state index in [1.165, 1.54) is 38.9 Å². The molecule has 0 unspecified atom stereocenters. The maximum atomic E-state index is 6.61. The van der Waals surface area contributed by atoms with Crippen molar-refractivity contribution in [2.75, 3.05) is 4.90 Å². The molecule has 0 amide bonds. The fourth-order valence-electron chi connectivity index (χ4n) is 6.33. The summed E-state index contributed by atoms with van der Waals surface area (Å²) in [5.41, 5.74) is 13.2. The molecule has 1 aliphatic rings. The molecule has 0 aliphatic heterocycles. The summed E-state index contributed by atoms with van der Waals surface area (Å²) in [4.78, 5) is 2.38. The van der Waals surface area contributed by atoms with Gasteiger partial charge in [0, 0.05) is 27.3 Å². The molecule has 0 aromatic heterocycles. The highest BCUT2D eigenvalue weighted by atomic mass is 35.5. The minimum absolute atomic E-state index is 0.0886. The van der Waals surface area contributed by atoms with Crippen LogP contribution >= 0.6 is 11.6 Å². The minimum atomic E-state index is -0.0886. The van der Waals surface area contributed by atoms with E-state index in [0.29, 0.717) is 5.02 Å². The molecule has 1 aliphatic carbocycles. The Labute approximate surface area is 247 Å². The third-order valence-electron chi connectivity index (χ3n) is 8.34. The number of rotatable bonds is 5. The molecule has 198 valence electrons. The quantitative estimate of drug-likeness (QED) is 0.207. The number of benzene rings is 6. The molecule has 0 fully saturated rings. The highest BCUT2D eigenvalue weighted by Gasteiger charge is 2.37. The van der Waals surface area contributed by atoms with Crippen molar-refractivity contribution >= 4 is 28.7 Å². The van der Waals surface area contributed by atoms with Crippen LogP contribution in [0.5, 0.6) is 0 Å². The van der Waals surface area contributed by atoms with Crippen LogP contribution in [0, 0.1) is 0 Å². The van der Waals surface area contributed by atoms with Gasteiger partial charge in [0.25, 0.3) is 0 Å². The van der Waals surface area contributed by atoms with Crippen LogP contribution in [-0.2, 0) is 5.41 Å². The van der Waals surface area contributed by atoms with E-state index >= 15 is 0 Å². The number of halogens is 1. The number of anilines is 3. The fourth-order valence-corrected chi connectivity index (χ4v) is 6.51. The zero-order chi connectivity index (χ0) is 28.0. The van der Waals surface area contributed by atoms with Crippen molar-refractivity contribution < 1.29 is 0 Å². The summed E-state index contributed by atoms with van der Waals surface area (Å²) in [6.07, 6.45) is 0. The average Bonchev–Trinajstić information content (AvgIpc) is 3.25. The van der Waals surface area contributed by atoms with Gasteiger partial charge >= 0.3 is 0 Å². The smallest absolute Gasteiger partial charge is 0.0543 e. The molecule has 1 nitrogen and oxygen atoms in total. The van der Waals surface area contributed by atoms with Gasteiger partial charge in [0.05, 0.1) is 11.4 Å². The van der Waals surface area contributed by atoms with E-state index in [1.54, 1.807) is 0 Å². The number of nitrogens with zero attached hydrogens (tertiary/aromatic N) is 1. The number of fused-ring (bicyclic) bond motifs is 3. The fraction of sp³-hybridized carbons (Fsp3) is 0.0769. The van der Waals surface area contributed by atoms with E-state index in [0.717, 1.165) is 22.6 Å². The van der Waals surface area contributed by atoms with Gasteiger partial charge in [-0.3, -0.25) is 0 Å². The van der Waals surface area contributed by atoms with Crippen molar-refractivity contribution in [3.8, 4) is 33.4 Å². The molecule has 0 radical (unpaired) electrons. The SMILES string of the molecule is CC1(C)c2ccccc2-c2c(N(c3cccc(Cl)c3)c3ccccc3-c3ccc(-c4ccccc4)cc3)cccc21. The summed E-state index contributed by atoms with van der Waals surface area (Å²) < 4.78 is 0. The van der Waals surface area contributed by atoms with Crippen LogP contribution in [0.15, 0.2) is 146 Å². The summed E-state index contributed by atoms with van der Waals surface area (Å²) in [6.45, 7) is 4.65. The monoisotopic (exact) mass is 547 g/mol. The van der Waals surface area contributed by atoms with Crippen molar-refractivity contribution in [1.82, 2.24) is 0 Å². The van der Waals surface area contributed by atoms with Crippen molar-refractivity contribution in [2.24, 2.45) is 0 Å². The van der Waals surface area contributed by atoms with Gasteiger partial charge in [-0.1, -0.05) is 141 Å². The Balaban J connectivity index is 1.45. The lowest BCUT2D eigenvalue weighted by Crippen LogP contribution is -2.16. The third kappa shape index (κ3) is 4.34. The van der Waals surface area contributed by atoms with E-state index < -0.39 is 0 Å². The Morgan fingerprint density at radius 2 is 1.07 bits per heavy atom. The first-order chi connectivity index (χ1) is 20.0. The van der Waals surface area contributed by atoms with Gasteiger partial charge in [-0.25, -0.2) is 0 Å². The molecule has 2 heteroatoms. The molecular formula is C39H30ClN. The lowest BCUT2D eigenvalue weighted by molar-refractivity contribution is 0.660. The van der Waals surface area contributed by atoms with E-state index in [2.05, 4.69) is 152 Å². The molecule has 6 aromatic carbocycles. The van der Waals surface area contributed by atoms with Gasteiger partial charge in [-0.2, -0.15) is 0 Å². The molecule has 0 saturated carbocycles. The number of para-hydroxylation sites is 1. The van der Waals surface area contributed by atoms with E-state index in [1.807, 2.05) is 12.1 Å². The van der Waals surface area contributed by atoms with Gasteiger partial charge in [-0.15, -0.1) is 0 Å². The molecule has 0 bridgehead atoms. The van der Waals surface area contributed by atoms with Crippen molar-refractivity contribution in [3.05, 3.63) is 162 Å². The summed E-state index contributed by atoms with van der Waals surface area (Å²) in [5, 5.41) is 0.713. The second-order valence-corrected chi connectivity index (χ2v) is 11.6. The minimum Gasteiger partial charge on any atom is -0.309 e. The van der Waals surface area contributed by atoms with Crippen LogP contribution in [0.3, 0.4) is 0 Å². The van der Waals surface area contributed by atoms with E-state index in [4.69, 9.17) is 11.6 Å². The van der Waals surface area contributed by atoms with Gasteiger partial charge in [-0.05, 0) is 63.7 Å². The molecule has 6 aromatic rings. The second-order valence-electron chi connectivity index (χ2n) is 11.1. The van der Waals surface area contributed by atoms with Crippen LogP contribution in [0.25, 0.3) is 33.4 Å². The Kier molecular flexibility index (Phi) is 6.26. The van der Waals surface area contributed by atoms with Crippen molar-refractivity contribution in [1.29, 1.82) is 0 Å². The molecule has 0 N–H and O–H groups in total. The zero-order valence-corrected chi connectivity index (χ0v) is 23.9. The maximum Gasteiger partial charge on any atom is 0.0543 e. The predicted molar refractivity (Wildman–Crippen MR) is 175 cm³/mol. The van der Waals surface area contributed by atoms with Crippen LogP contribution < -0.4 is 4.90 Å². The largest absolute Gasteiger partial charge is 0.309 e. The summed E-state index contributed by atoms with van der Waals surface area (Å²) in [7, 11) is 0. The molecule has 41 heavy (non-hydrogen) atoms. The van der Waals surface area contributed by atoms with Crippen molar-refractivity contribution in [3.63, 3.8) is 0 Å². The Morgan fingerprint density at radius 1 is 0.488 bits per heavy atom. The van der Waals surface area contributed by atoms with Crippen LogP contribution in [0.4, 0.5) is 17.1 Å². The number of hydrogen-bond donors (Lipinski definition) is 0. The number of hydrogen-bond acceptors (Lipinski definition) is 1. The maximum absolute atomic E-state index is 6.61. The highest BCUT2D eigenvalue weighted by molar-refractivity contribution is 6.30. The first-order valence-corrected chi connectivity index (χ1v) is 14.4. The Bertz CT molecular complexity index is 1870. The normalized spacial score (nSPS) is 13.0. The highest BCUT2D eigenvalue weighted by Crippen LogP contribution is 2.54. The molecule has 0 saturated heterocycles. The Hall–Kier alpha value is -4.59. The molecule has 0 heterocycles. The van der Waals surface area contributed by atoms with Gasteiger partial charge in [0.15, 0.2) is 0 Å². The third-order valence-corrected chi connectivity index (χ3v) is 8.58. The zero-order valence-electron chi connectivity index (χ0n) is 23.2. The average molecular weight is 548 g/mol. The van der Waals surface area contributed by atoms with E-state index in [-0.39, 0.29) is 5.41 Å². The molecule has 0 spiro atoms. The van der Waals surface area contributed by atoms with Crippen molar-refractivity contribution in [2.45, 2.75) is 19.3 Å². The van der Waals surface area contributed by atoms with Gasteiger partial charge in [0.2, 0.25) is 0 Å². The standard InChI is InChI=1S/C39H30ClN/c1-39(2)34-18-8-6-17-33(34)38-35(39)19-11-21-37(38)41(31-15-10-14-30(40)26-31)36-20-9-7-16-32(36)29-24-22-28(23-25-29)27-12-4-3-5-13-27/h3-26H,1-2H3. The Morgan fingerprint density at radius 3 is 1.85 bits per heavy atom.